The summed E-state index contributed by atoms with van der Waals surface area (Å²) in [5, 5.41) is 0.677. The summed E-state index contributed by atoms with van der Waals surface area (Å²) in [6.45, 7) is 7.77. The fourth-order valence-electron chi connectivity index (χ4n) is 2.29. The lowest BCUT2D eigenvalue weighted by atomic mass is 9.95. The van der Waals surface area contributed by atoms with Crippen molar-refractivity contribution in [1.29, 1.82) is 0 Å². The molecule has 3 nitrogen and oxygen atoms in total. The highest BCUT2D eigenvalue weighted by Crippen LogP contribution is 2.20. The predicted molar refractivity (Wildman–Crippen MR) is 88.8 cm³/mol. The van der Waals surface area contributed by atoms with Crippen LogP contribution in [0.4, 0.5) is 0 Å². The van der Waals surface area contributed by atoms with Gasteiger partial charge in [0.15, 0.2) is 14.6 Å². The fourth-order valence-corrected chi connectivity index (χ4v) is 2.56. The highest BCUT2D eigenvalue weighted by atomic mass is 31.1. The summed E-state index contributed by atoms with van der Waals surface area (Å²) in [4.78, 5) is 12.6. The zero-order valence-corrected chi connectivity index (χ0v) is 14.1. The van der Waals surface area contributed by atoms with Gasteiger partial charge in [-0.25, -0.2) is 0 Å². The molecule has 0 aliphatic heterocycles. The largest absolute Gasteiger partial charge is 0.483 e. The Morgan fingerprint density at radius 3 is 2.23 bits per heavy atom. The Labute approximate surface area is 132 Å². The Morgan fingerprint density at radius 1 is 1.00 bits per heavy atom. The molecule has 0 aromatic heterocycles. The maximum absolute atomic E-state index is 12.6. The number of carbonyl (C=O) groups is 1. The van der Waals surface area contributed by atoms with E-state index in [0.29, 0.717) is 16.6 Å². The Kier molecular flexibility index (Phi) is 5.10. The van der Waals surface area contributed by atoms with Crippen LogP contribution in [0.15, 0.2) is 36.4 Å². The van der Waals surface area contributed by atoms with Crippen LogP contribution in [-0.4, -0.2) is 11.9 Å². The normalized spacial score (nSPS) is 12.2. The van der Waals surface area contributed by atoms with Crippen molar-refractivity contribution in [3.8, 4) is 5.75 Å². The van der Waals surface area contributed by atoms with Crippen molar-refractivity contribution >= 4 is 19.5 Å². The van der Waals surface area contributed by atoms with Crippen LogP contribution in [0.2, 0.25) is 0 Å². The van der Waals surface area contributed by atoms with Gasteiger partial charge < -0.3 is 4.74 Å². The molecule has 1 atom stereocenters. The van der Waals surface area contributed by atoms with E-state index in [0.717, 1.165) is 11.1 Å². The van der Waals surface area contributed by atoms with Crippen molar-refractivity contribution in [2.75, 3.05) is 0 Å². The van der Waals surface area contributed by atoms with Gasteiger partial charge in [-0.2, -0.15) is 0 Å². The zero-order valence-electron chi connectivity index (χ0n) is 13.2. The maximum Gasteiger partial charge on any atom is 0.203 e. The lowest BCUT2D eigenvalue weighted by Gasteiger charge is -2.16. The molecule has 2 aromatic rings. The van der Waals surface area contributed by atoms with Crippen LogP contribution >= 0.6 is 8.46 Å². The van der Waals surface area contributed by atoms with E-state index < -0.39 is 6.10 Å². The van der Waals surface area contributed by atoms with Gasteiger partial charge in [-0.1, -0.05) is 12.1 Å². The number of hydrogen-bond donors (Lipinski definition) is 0. The highest BCUT2D eigenvalue weighted by Gasteiger charge is 2.20. The standard InChI is InChI=1S/C18H19O3P/c1-11-5-10-17(13(3)12(11)2)18(19)14(4)21-15-6-8-16(22-20)9-7-15/h5-10,14H,1-4H3. The highest BCUT2D eigenvalue weighted by molar-refractivity contribution is 7.34. The van der Waals surface area contributed by atoms with Gasteiger partial charge in [0.2, 0.25) is 5.78 Å². The van der Waals surface area contributed by atoms with Crippen LogP contribution in [0, 0.1) is 20.8 Å². The number of Topliss-reactive ketones (excluding diaryl/α,β-unsaturated/α-hetero) is 1. The van der Waals surface area contributed by atoms with Gasteiger partial charge in [-0.15, -0.1) is 0 Å². The SMILES string of the molecule is Cc1ccc(C(=O)C(C)Oc2ccc(P=O)cc2)c(C)c1C. The third-order valence-electron chi connectivity index (χ3n) is 3.95. The Hall–Kier alpha value is -1.99. The third-order valence-corrected chi connectivity index (χ3v) is 4.46. The van der Waals surface area contributed by atoms with E-state index in [1.54, 1.807) is 31.2 Å². The van der Waals surface area contributed by atoms with Crippen LogP contribution in [0.5, 0.6) is 5.75 Å². The van der Waals surface area contributed by atoms with Crippen LogP contribution in [0.1, 0.15) is 34.0 Å². The minimum Gasteiger partial charge on any atom is -0.483 e. The Balaban J connectivity index is 2.18. The van der Waals surface area contributed by atoms with Crippen LogP contribution in [-0.2, 0) is 4.57 Å². The van der Waals surface area contributed by atoms with Gasteiger partial charge in [-0.3, -0.25) is 9.36 Å². The molecule has 2 rings (SSSR count). The first-order valence-electron chi connectivity index (χ1n) is 7.15. The van der Waals surface area contributed by atoms with Gasteiger partial charge >= 0.3 is 0 Å². The van der Waals surface area contributed by atoms with E-state index >= 15 is 0 Å². The number of carbonyl (C=O) groups excluding carboxylic acids is 1. The van der Waals surface area contributed by atoms with E-state index in [2.05, 4.69) is 0 Å². The summed E-state index contributed by atoms with van der Waals surface area (Å²) < 4.78 is 16.4. The monoisotopic (exact) mass is 314 g/mol. The number of aryl methyl sites for hydroxylation is 1. The molecular weight excluding hydrogens is 295 g/mol. The van der Waals surface area contributed by atoms with Gasteiger partial charge in [0.1, 0.15) is 5.75 Å². The van der Waals surface area contributed by atoms with Crippen molar-refractivity contribution in [1.82, 2.24) is 0 Å². The van der Waals surface area contributed by atoms with Crippen LogP contribution in [0.25, 0.3) is 0 Å². The number of ketones is 1. The van der Waals surface area contributed by atoms with E-state index in [1.165, 1.54) is 5.56 Å². The average molecular weight is 314 g/mol. The van der Waals surface area contributed by atoms with Crippen molar-refractivity contribution in [2.45, 2.75) is 33.8 Å². The van der Waals surface area contributed by atoms with Crippen molar-refractivity contribution in [3.63, 3.8) is 0 Å². The quantitative estimate of drug-likeness (QED) is 0.614. The first kappa shape index (κ1) is 16.4. The van der Waals surface area contributed by atoms with Gasteiger partial charge in [-0.05, 0) is 68.7 Å². The number of hydrogen-bond acceptors (Lipinski definition) is 3. The lowest BCUT2D eigenvalue weighted by Crippen LogP contribution is -2.25. The van der Waals surface area contributed by atoms with Crippen LogP contribution < -0.4 is 10.0 Å². The third kappa shape index (κ3) is 3.42. The van der Waals surface area contributed by atoms with Crippen LogP contribution in [0.3, 0.4) is 0 Å². The molecule has 0 radical (unpaired) electrons. The molecule has 0 bridgehead atoms. The zero-order chi connectivity index (χ0) is 16.3. The fraction of sp³-hybridized carbons (Fsp3) is 0.278. The van der Waals surface area contributed by atoms with Gasteiger partial charge in [0.25, 0.3) is 0 Å². The molecule has 22 heavy (non-hydrogen) atoms. The second kappa shape index (κ2) is 6.85. The lowest BCUT2D eigenvalue weighted by molar-refractivity contribution is 0.0817. The molecule has 0 spiro atoms. The van der Waals surface area contributed by atoms with Crippen molar-refractivity contribution < 1.29 is 14.1 Å². The molecule has 0 saturated carbocycles. The molecule has 0 amide bonds. The second-order valence-corrected chi connectivity index (χ2v) is 6.09. The summed E-state index contributed by atoms with van der Waals surface area (Å²) in [6.07, 6.45) is -0.573. The Morgan fingerprint density at radius 2 is 1.64 bits per heavy atom. The van der Waals surface area contributed by atoms with E-state index in [1.807, 2.05) is 32.9 Å². The second-order valence-electron chi connectivity index (χ2n) is 5.39. The molecule has 0 N–H and O–H groups in total. The molecule has 4 heteroatoms. The van der Waals surface area contributed by atoms with Crippen molar-refractivity contribution in [2.24, 2.45) is 0 Å². The molecule has 0 fully saturated rings. The number of benzene rings is 2. The van der Waals surface area contributed by atoms with Gasteiger partial charge in [0, 0.05) is 10.9 Å². The van der Waals surface area contributed by atoms with E-state index in [-0.39, 0.29) is 14.2 Å². The minimum absolute atomic E-state index is 0.0249. The summed E-state index contributed by atoms with van der Waals surface area (Å²) in [7, 11) is -0.0249. The molecular formula is C18H19O3P. The maximum atomic E-state index is 12.6. The summed E-state index contributed by atoms with van der Waals surface area (Å²) in [6, 6.07) is 10.7. The molecule has 1 unspecified atom stereocenters. The smallest absolute Gasteiger partial charge is 0.203 e. The summed E-state index contributed by atoms with van der Waals surface area (Å²) in [5.74, 6) is 0.557. The first-order chi connectivity index (χ1) is 10.4. The topological polar surface area (TPSA) is 43.4 Å². The molecule has 0 saturated heterocycles. The molecule has 0 heterocycles. The van der Waals surface area contributed by atoms with Crippen molar-refractivity contribution in [3.05, 3.63) is 58.7 Å². The first-order valence-corrected chi connectivity index (χ1v) is 7.96. The number of ether oxygens (including phenoxy) is 1. The molecule has 0 aliphatic carbocycles. The molecule has 0 aliphatic rings. The predicted octanol–water partition coefficient (Wildman–Crippen LogP) is 4.18. The summed E-state index contributed by atoms with van der Waals surface area (Å²) >= 11 is 0. The molecule has 114 valence electrons. The minimum atomic E-state index is -0.573. The number of rotatable bonds is 5. The molecule has 2 aromatic carbocycles. The van der Waals surface area contributed by atoms with Gasteiger partial charge in [0.05, 0.1) is 0 Å². The van der Waals surface area contributed by atoms with E-state index in [4.69, 9.17) is 4.74 Å². The summed E-state index contributed by atoms with van der Waals surface area (Å²) in [5.41, 5.74) is 4.01. The average Bonchev–Trinajstić information content (AvgIpc) is 2.53. The Bertz CT molecular complexity index is 705. The van der Waals surface area contributed by atoms with E-state index in [9.17, 15) is 9.36 Å².